The van der Waals surface area contributed by atoms with Crippen LogP contribution < -0.4 is 0 Å². The minimum absolute atomic E-state index is 0.174. The van der Waals surface area contributed by atoms with Gasteiger partial charge in [-0.15, -0.1) is 11.3 Å². The second kappa shape index (κ2) is 9.28. The fraction of sp³-hybridized carbons (Fsp3) is 0.300. The van der Waals surface area contributed by atoms with Gasteiger partial charge < -0.3 is 4.90 Å². The van der Waals surface area contributed by atoms with Crippen LogP contribution in [0.5, 0.6) is 0 Å². The summed E-state index contributed by atoms with van der Waals surface area (Å²) in [6.45, 7) is 2.96. The van der Waals surface area contributed by atoms with Gasteiger partial charge in [0.25, 0.3) is 5.91 Å². The van der Waals surface area contributed by atoms with Crippen molar-refractivity contribution in [2.24, 2.45) is 0 Å². The topological polar surface area (TPSA) is 85.7 Å². The monoisotopic (exact) mass is 445 g/mol. The Morgan fingerprint density at radius 1 is 1.21 bits per heavy atom. The van der Waals surface area contributed by atoms with Gasteiger partial charge in [-0.2, -0.15) is 15.6 Å². The highest BCUT2D eigenvalue weighted by Gasteiger charge is 2.21. The summed E-state index contributed by atoms with van der Waals surface area (Å²) in [6, 6.07) is 11.3. The maximum atomic E-state index is 12.9. The van der Waals surface area contributed by atoms with E-state index in [1.807, 2.05) is 35.9 Å². The molecule has 0 spiro atoms. The van der Waals surface area contributed by atoms with Crippen LogP contribution in [0.1, 0.15) is 33.8 Å². The number of amides is 1. The number of nitrogens with zero attached hydrogens (tertiary/aromatic N) is 5. The van der Waals surface area contributed by atoms with Crippen LogP contribution in [0.3, 0.4) is 0 Å². The molecule has 0 bridgehead atoms. The molecule has 2 heterocycles. The van der Waals surface area contributed by atoms with Gasteiger partial charge in [-0.25, -0.2) is 0 Å². The number of carbonyl (C=O) groups is 1. The number of carbonyl (C=O) groups excluding carboxylic acids is 1. The smallest absolute Gasteiger partial charge is 0.264 e. The second-order valence-corrected chi connectivity index (χ2v) is 8.29. The molecule has 0 saturated heterocycles. The SMILES string of the molecule is Cc1nn(Cc2ccc(Cl)cc2Cl)c2sc(C(=O)N(CCC#N)CCC#N)cc12. The number of benzene rings is 1. The van der Waals surface area contributed by atoms with Gasteiger partial charge in [0.1, 0.15) is 4.83 Å². The summed E-state index contributed by atoms with van der Waals surface area (Å²) in [5, 5.41) is 24.3. The normalized spacial score (nSPS) is 10.7. The van der Waals surface area contributed by atoms with E-state index in [0.717, 1.165) is 21.5 Å². The number of hydrogen-bond acceptors (Lipinski definition) is 5. The first-order valence-electron chi connectivity index (χ1n) is 8.88. The Bertz CT molecular complexity index is 1120. The van der Waals surface area contributed by atoms with Crippen molar-refractivity contribution in [1.82, 2.24) is 14.7 Å². The van der Waals surface area contributed by atoms with Crippen molar-refractivity contribution in [2.45, 2.75) is 26.3 Å². The Hall–Kier alpha value is -2.58. The minimum Gasteiger partial charge on any atom is -0.336 e. The molecule has 0 atom stereocenters. The Labute approximate surface area is 182 Å². The lowest BCUT2D eigenvalue weighted by Crippen LogP contribution is -2.32. The molecule has 0 aliphatic heterocycles. The second-order valence-electron chi connectivity index (χ2n) is 6.42. The Kier molecular flexibility index (Phi) is 6.76. The predicted molar refractivity (Wildman–Crippen MR) is 114 cm³/mol. The Balaban J connectivity index is 1.91. The third kappa shape index (κ3) is 4.71. The predicted octanol–water partition coefficient (Wildman–Crippen LogP) is 5.03. The number of rotatable bonds is 7. The molecule has 6 nitrogen and oxygen atoms in total. The number of aryl methyl sites for hydroxylation is 1. The molecule has 29 heavy (non-hydrogen) atoms. The van der Waals surface area contributed by atoms with Crippen LogP contribution in [0.4, 0.5) is 0 Å². The van der Waals surface area contributed by atoms with Gasteiger partial charge in [-0.05, 0) is 30.7 Å². The van der Waals surface area contributed by atoms with E-state index in [1.165, 1.54) is 11.3 Å². The standard InChI is InChI=1S/C20H17Cl2N5OS/c1-13-16-11-18(19(28)26(8-2-6-23)9-3-7-24)29-20(16)27(25-13)12-14-4-5-15(21)10-17(14)22/h4-5,10-11H,2-3,8-9,12H2,1H3. The summed E-state index contributed by atoms with van der Waals surface area (Å²) in [7, 11) is 0. The molecule has 0 aliphatic rings. The fourth-order valence-corrected chi connectivity index (χ4v) is 4.57. The Morgan fingerprint density at radius 2 is 1.90 bits per heavy atom. The van der Waals surface area contributed by atoms with Crippen molar-refractivity contribution in [1.29, 1.82) is 10.5 Å². The van der Waals surface area contributed by atoms with Crippen LogP contribution in [0.25, 0.3) is 10.2 Å². The van der Waals surface area contributed by atoms with Crippen LogP contribution in [-0.2, 0) is 6.54 Å². The first-order valence-corrected chi connectivity index (χ1v) is 10.5. The zero-order valence-corrected chi connectivity index (χ0v) is 18.0. The van der Waals surface area contributed by atoms with Gasteiger partial charge in [0.05, 0.1) is 42.1 Å². The van der Waals surface area contributed by atoms with Gasteiger partial charge in [-0.3, -0.25) is 9.48 Å². The van der Waals surface area contributed by atoms with Gasteiger partial charge >= 0.3 is 0 Å². The van der Waals surface area contributed by atoms with Crippen molar-refractivity contribution in [3.63, 3.8) is 0 Å². The maximum Gasteiger partial charge on any atom is 0.264 e. The molecule has 1 aromatic carbocycles. The van der Waals surface area contributed by atoms with Crippen molar-refractivity contribution >= 4 is 50.7 Å². The van der Waals surface area contributed by atoms with E-state index in [-0.39, 0.29) is 18.7 Å². The molecule has 148 valence electrons. The molecular formula is C20H17Cl2N5OS. The summed E-state index contributed by atoms with van der Waals surface area (Å²) in [5.41, 5.74) is 1.70. The van der Waals surface area contributed by atoms with Crippen LogP contribution in [0.2, 0.25) is 10.0 Å². The van der Waals surface area contributed by atoms with Crippen molar-refractivity contribution in [2.75, 3.05) is 13.1 Å². The van der Waals surface area contributed by atoms with Gasteiger partial charge in [0.15, 0.2) is 0 Å². The number of thiophene rings is 1. The Morgan fingerprint density at radius 3 is 2.52 bits per heavy atom. The summed E-state index contributed by atoms with van der Waals surface area (Å²) < 4.78 is 1.83. The molecule has 0 N–H and O–H groups in total. The highest BCUT2D eigenvalue weighted by Crippen LogP contribution is 2.31. The van der Waals surface area contributed by atoms with Crippen LogP contribution in [0.15, 0.2) is 24.3 Å². The third-order valence-corrected chi connectivity index (χ3v) is 6.15. The van der Waals surface area contributed by atoms with Crippen molar-refractivity contribution < 1.29 is 4.79 Å². The fourth-order valence-electron chi connectivity index (χ4n) is 2.98. The lowest BCUT2D eigenvalue weighted by molar-refractivity contribution is 0.0767. The maximum absolute atomic E-state index is 12.9. The molecule has 3 rings (SSSR count). The average molecular weight is 446 g/mol. The molecule has 0 fully saturated rings. The summed E-state index contributed by atoms with van der Waals surface area (Å²) in [6.07, 6.45) is 0.452. The van der Waals surface area contributed by atoms with E-state index in [1.54, 1.807) is 17.0 Å². The van der Waals surface area contributed by atoms with E-state index in [9.17, 15) is 4.79 Å². The highest BCUT2D eigenvalue weighted by atomic mass is 35.5. The summed E-state index contributed by atoms with van der Waals surface area (Å²) >= 11 is 13.6. The molecule has 3 aromatic rings. The number of hydrogen-bond donors (Lipinski definition) is 0. The zero-order valence-electron chi connectivity index (χ0n) is 15.7. The van der Waals surface area contributed by atoms with Crippen molar-refractivity contribution in [3.8, 4) is 12.1 Å². The molecule has 0 radical (unpaired) electrons. The number of fused-ring (bicyclic) bond motifs is 1. The quantitative estimate of drug-likeness (QED) is 0.509. The lowest BCUT2D eigenvalue weighted by atomic mass is 10.2. The molecule has 2 aromatic heterocycles. The largest absolute Gasteiger partial charge is 0.336 e. The van der Waals surface area contributed by atoms with E-state index < -0.39 is 0 Å². The molecule has 0 saturated carbocycles. The first kappa shape index (κ1) is 21.1. The number of nitriles is 2. The van der Waals surface area contributed by atoms with E-state index in [0.29, 0.717) is 34.6 Å². The molecule has 0 aliphatic carbocycles. The van der Waals surface area contributed by atoms with Gasteiger partial charge in [0, 0.05) is 28.5 Å². The van der Waals surface area contributed by atoms with Crippen LogP contribution in [-0.4, -0.2) is 33.7 Å². The van der Waals surface area contributed by atoms with E-state index in [4.69, 9.17) is 33.7 Å². The van der Waals surface area contributed by atoms with Gasteiger partial charge in [-0.1, -0.05) is 29.3 Å². The zero-order chi connectivity index (χ0) is 21.0. The number of aromatic nitrogens is 2. The lowest BCUT2D eigenvalue weighted by Gasteiger charge is -2.19. The third-order valence-electron chi connectivity index (χ3n) is 4.43. The summed E-state index contributed by atoms with van der Waals surface area (Å²) in [5.74, 6) is -0.174. The number of halogens is 2. The van der Waals surface area contributed by atoms with E-state index in [2.05, 4.69) is 5.10 Å². The molecule has 1 amide bonds. The van der Waals surface area contributed by atoms with Gasteiger partial charge in [0.2, 0.25) is 0 Å². The minimum atomic E-state index is -0.174. The summed E-state index contributed by atoms with van der Waals surface area (Å²) in [4.78, 5) is 15.9. The van der Waals surface area contributed by atoms with Crippen LogP contribution >= 0.6 is 34.5 Å². The highest BCUT2D eigenvalue weighted by molar-refractivity contribution is 7.20. The van der Waals surface area contributed by atoms with Crippen LogP contribution in [0, 0.1) is 29.6 Å². The molecular weight excluding hydrogens is 429 g/mol. The van der Waals surface area contributed by atoms with E-state index >= 15 is 0 Å². The molecule has 0 unspecified atom stereocenters. The first-order chi connectivity index (χ1) is 13.9. The molecule has 9 heteroatoms. The van der Waals surface area contributed by atoms with Crippen molar-refractivity contribution in [3.05, 3.63) is 50.4 Å². The average Bonchev–Trinajstić information content (AvgIpc) is 3.25.